The van der Waals surface area contributed by atoms with Crippen LogP contribution >= 0.6 is 12.6 Å². The van der Waals surface area contributed by atoms with Gasteiger partial charge >= 0.3 is 0 Å². The van der Waals surface area contributed by atoms with Gasteiger partial charge in [0.15, 0.2) is 0 Å². The fraction of sp³-hybridized carbons (Fsp3) is 0.0769. The number of hydrogen-bond acceptors (Lipinski definition) is 2. The summed E-state index contributed by atoms with van der Waals surface area (Å²) in [5.41, 5.74) is 3.66. The molecule has 1 nitrogen and oxygen atoms in total. The highest BCUT2D eigenvalue weighted by Crippen LogP contribution is 2.41. The van der Waals surface area contributed by atoms with Gasteiger partial charge in [-0.1, -0.05) is 109 Å². The van der Waals surface area contributed by atoms with Gasteiger partial charge in [0.25, 0.3) is 0 Å². The molecule has 0 fully saturated rings. The number of hydrogen-bond donors (Lipinski definition) is 1. The Morgan fingerprint density at radius 2 is 0.929 bits per heavy atom. The van der Waals surface area contributed by atoms with Crippen LogP contribution in [-0.2, 0) is 16.9 Å². The predicted molar refractivity (Wildman–Crippen MR) is 118 cm³/mol. The number of thiol groups is 1. The van der Waals surface area contributed by atoms with Crippen molar-refractivity contribution in [3.63, 3.8) is 0 Å². The van der Waals surface area contributed by atoms with Crippen LogP contribution in [0.25, 0.3) is 0 Å². The molecule has 0 unspecified atom stereocenters. The molecular weight excluding hydrogens is 360 g/mol. The van der Waals surface area contributed by atoms with Crippen LogP contribution < -0.4 is 0 Å². The summed E-state index contributed by atoms with van der Waals surface area (Å²) < 4.78 is 6.81. The van der Waals surface area contributed by atoms with Crippen LogP contribution in [-0.4, -0.2) is 0 Å². The first-order valence-corrected chi connectivity index (χ1v) is 9.83. The topological polar surface area (TPSA) is 9.23 Å². The third kappa shape index (κ3) is 3.62. The van der Waals surface area contributed by atoms with Crippen LogP contribution in [0.15, 0.2) is 120 Å². The Balaban J connectivity index is 1.89. The summed E-state index contributed by atoms with van der Waals surface area (Å²) in [4.78, 5) is 0.936. The molecule has 0 aliphatic rings. The molecule has 4 aromatic rings. The lowest BCUT2D eigenvalue weighted by Gasteiger charge is -2.36. The van der Waals surface area contributed by atoms with E-state index in [0.717, 1.165) is 27.1 Å². The van der Waals surface area contributed by atoms with Crippen molar-refractivity contribution in [3.8, 4) is 0 Å². The smallest absolute Gasteiger partial charge is 0.144 e. The van der Waals surface area contributed by atoms with Crippen LogP contribution in [0.4, 0.5) is 0 Å². The molecule has 0 aromatic heterocycles. The predicted octanol–water partition coefficient (Wildman–Crippen LogP) is 6.48. The molecule has 4 aromatic carbocycles. The summed E-state index contributed by atoms with van der Waals surface area (Å²) in [6.07, 6.45) is 0. The fourth-order valence-electron chi connectivity index (χ4n) is 3.59. The van der Waals surface area contributed by atoms with E-state index in [9.17, 15) is 0 Å². The first kappa shape index (κ1) is 18.5. The summed E-state index contributed by atoms with van der Waals surface area (Å²) >= 11 is 4.61. The second-order valence-electron chi connectivity index (χ2n) is 6.70. The van der Waals surface area contributed by atoms with Gasteiger partial charge in [0.2, 0.25) is 0 Å². The van der Waals surface area contributed by atoms with Crippen LogP contribution in [0.2, 0.25) is 0 Å². The standard InChI is InChI=1S/C26H22OS/c28-25-19-11-10-12-21(25)20-27-26(22-13-4-1-5-14-22,23-15-6-2-7-16-23)24-17-8-3-9-18-24/h1-19,28H,20H2. The third-order valence-electron chi connectivity index (χ3n) is 4.98. The highest BCUT2D eigenvalue weighted by Gasteiger charge is 2.37. The van der Waals surface area contributed by atoms with Crippen molar-refractivity contribution in [1.82, 2.24) is 0 Å². The Hall–Kier alpha value is -2.81. The highest BCUT2D eigenvalue weighted by molar-refractivity contribution is 7.80. The van der Waals surface area contributed by atoms with Crippen molar-refractivity contribution in [1.29, 1.82) is 0 Å². The number of benzene rings is 4. The first-order chi connectivity index (χ1) is 13.8. The highest BCUT2D eigenvalue weighted by atomic mass is 32.1. The molecule has 4 rings (SSSR count). The van der Waals surface area contributed by atoms with Gasteiger partial charge in [-0.3, -0.25) is 0 Å². The fourth-order valence-corrected chi connectivity index (χ4v) is 3.81. The third-order valence-corrected chi connectivity index (χ3v) is 5.41. The molecule has 0 saturated heterocycles. The van der Waals surface area contributed by atoms with Crippen molar-refractivity contribution in [2.45, 2.75) is 17.1 Å². The SMILES string of the molecule is Sc1ccccc1COC(c1ccccc1)(c1ccccc1)c1ccccc1. The molecule has 0 N–H and O–H groups in total. The van der Waals surface area contributed by atoms with Gasteiger partial charge in [-0.05, 0) is 28.3 Å². The van der Waals surface area contributed by atoms with E-state index in [4.69, 9.17) is 4.74 Å². The van der Waals surface area contributed by atoms with E-state index < -0.39 is 5.60 Å². The van der Waals surface area contributed by atoms with E-state index in [0.29, 0.717) is 6.61 Å². The molecule has 0 heterocycles. The van der Waals surface area contributed by atoms with E-state index in [1.165, 1.54) is 0 Å². The molecule has 0 atom stereocenters. The minimum Gasteiger partial charge on any atom is -0.356 e. The van der Waals surface area contributed by atoms with Gasteiger partial charge in [0.1, 0.15) is 5.60 Å². The molecule has 138 valence electrons. The van der Waals surface area contributed by atoms with Crippen LogP contribution in [0.3, 0.4) is 0 Å². The molecule has 0 radical (unpaired) electrons. The molecule has 0 spiro atoms. The summed E-state index contributed by atoms with van der Waals surface area (Å²) in [6, 6.07) is 39.3. The number of rotatable bonds is 6. The number of ether oxygens (including phenoxy) is 1. The molecule has 0 saturated carbocycles. The zero-order valence-electron chi connectivity index (χ0n) is 15.5. The normalized spacial score (nSPS) is 11.3. The second-order valence-corrected chi connectivity index (χ2v) is 7.18. The van der Waals surface area contributed by atoms with E-state index in [-0.39, 0.29) is 0 Å². The second kappa shape index (κ2) is 8.47. The molecular formula is C26H22OS. The van der Waals surface area contributed by atoms with Crippen molar-refractivity contribution in [3.05, 3.63) is 138 Å². The maximum Gasteiger partial charge on any atom is 0.144 e. The zero-order chi connectivity index (χ0) is 19.2. The summed E-state index contributed by atoms with van der Waals surface area (Å²) in [5.74, 6) is 0. The lowest BCUT2D eigenvalue weighted by Crippen LogP contribution is -2.32. The maximum absolute atomic E-state index is 6.81. The average Bonchev–Trinajstić information content (AvgIpc) is 2.78. The Morgan fingerprint density at radius 3 is 1.36 bits per heavy atom. The van der Waals surface area contributed by atoms with Crippen molar-refractivity contribution in [2.24, 2.45) is 0 Å². The van der Waals surface area contributed by atoms with Gasteiger partial charge in [-0.25, -0.2) is 0 Å². The van der Waals surface area contributed by atoms with Gasteiger partial charge < -0.3 is 4.74 Å². The quantitative estimate of drug-likeness (QED) is 0.296. The van der Waals surface area contributed by atoms with E-state index >= 15 is 0 Å². The van der Waals surface area contributed by atoms with Gasteiger partial charge in [-0.2, -0.15) is 0 Å². The van der Waals surface area contributed by atoms with Crippen LogP contribution in [0, 0.1) is 0 Å². The Bertz CT molecular complexity index is 917. The molecule has 0 aliphatic heterocycles. The lowest BCUT2D eigenvalue weighted by atomic mass is 9.80. The van der Waals surface area contributed by atoms with E-state index in [2.05, 4.69) is 91.5 Å². The monoisotopic (exact) mass is 382 g/mol. The average molecular weight is 383 g/mol. The minimum atomic E-state index is -0.708. The molecule has 0 bridgehead atoms. The Labute approximate surface area is 172 Å². The van der Waals surface area contributed by atoms with Crippen LogP contribution in [0.5, 0.6) is 0 Å². The molecule has 2 heteroatoms. The lowest BCUT2D eigenvalue weighted by molar-refractivity contribution is -0.000724. The van der Waals surface area contributed by atoms with E-state index in [1.807, 2.05) is 36.4 Å². The Kier molecular flexibility index (Phi) is 5.61. The Morgan fingerprint density at radius 1 is 0.536 bits per heavy atom. The summed E-state index contributed by atoms with van der Waals surface area (Å²) in [5, 5.41) is 0. The van der Waals surface area contributed by atoms with Crippen molar-refractivity contribution >= 4 is 12.6 Å². The largest absolute Gasteiger partial charge is 0.356 e. The minimum absolute atomic E-state index is 0.457. The van der Waals surface area contributed by atoms with Gasteiger partial charge in [0.05, 0.1) is 6.61 Å². The summed E-state index contributed by atoms with van der Waals surface area (Å²) in [7, 11) is 0. The van der Waals surface area contributed by atoms with Crippen molar-refractivity contribution in [2.75, 3.05) is 0 Å². The van der Waals surface area contributed by atoms with Crippen molar-refractivity contribution < 1.29 is 4.74 Å². The molecule has 0 aliphatic carbocycles. The van der Waals surface area contributed by atoms with Crippen LogP contribution in [0.1, 0.15) is 22.3 Å². The summed E-state index contributed by atoms with van der Waals surface area (Å²) in [6.45, 7) is 0.457. The zero-order valence-corrected chi connectivity index (χ0v) is 16.4. The van der Waals surface area contributed by atoms with E-state index in [1.54, 1.807) is 0 Å². The molecule has 0 amide bonds. The molecule has 28 heavy (non-hydrogen) atoms. The first-order valence-electron chi connectivity index (χ1n) is 9.38. The van der Waals surface area contributed by atoms with Gasteiger partial charge in [0, 0.05) is 4.90 Å². The maximum atomic E-state index is 6.81. The van der Waals surface area contributed by atoms with Gasteiger partial charge in [-0.15, -0.1) is 12.6 Å².